The molecule has 0 spiro atoms. The van der Waals surface area contributed by atoms with Crippen LogP contribution in [0.1, 0.15) is 50.9 Å². The van der Waals surface area contributed by atoms with Gasteiger partial charge in [0.05, 0.1) is 11.3 Å². The fourth-order valence-corrected chi connectivity index (χ4v) is 2.90. The number of hydrogen-bond acceptors (Lipinski definition) is 3. The van der Waals surface area contributed by atoms with Crippen LogP contribution in [0.4, 0.5) is 5.69 Å². The SMILES string of the molecule is CCSc1cccc(NC(C)CCC(C)C)c1C(=O)O. The van der Waals surface area contributed by atoms with Crippen LogP contribution in [0.5, 0.6) is 0 Å². The highest BCUT2D eigenvalue weighted by Gasteiger charge is 2.16. The predicted octanol–water partition coefficient (Wildman–Crippen LogP) is 4.73. The molecule has 0 saturated carbocycles. The normalized spacial score (nSPS) is 12.4. The standard InChI is InChI=1S/C16H25NO2S/c1-5-20-14-8-6-7-13(15(14)16(18)19)17-12(4)10-9-11(2)3/h6-8,11-12,17H,5,9-10H2,1-4H3,(H,18,19). The molecule has 0 aromatic heterocycles. The molecule has 1 aromatic carbocycles. The second kappa shape index (κ2) is 8.20. The molecule has 0 aliphatic rings. The maximum absolute atomic E-state index is 11.5. The highest BCUT2D eigenvalue weighted by molar-refractivity contribution is 7.99. The second-order valence-corrected chi connectivity index (χ2v) is 6.74. The monoisotopic (exact) mass is 295 g/mol. The number of carbonyl (C=O) groups is 1. The molecular formula is C16H25NO2S. The number of benzene rings is 1. The van der Waals surface area contributed by atoms with Crippen molar-refractivity contribution < 1.29 is 9.90 Å². The van der Waals surface area contributed by atoms with Crippen molar-refractivity contribution in [2.75, 3.05) is 11.1 Å². The van der Waals surface area contributed by atoms with Crippen LogP contribution in [0, 0.1) is 5.92 Å². The number of carboxylic acids is 1. The Labute approximate surface area is 126 Å². The quantitative estimate of drug-likeness (QED) is 0.680. The lowest BCUT2D eigenvalue weighted by Crippen LogP contribution is -2.18. The minimum absolute atomic E-state index is 0.275. The van der Waals surface area contributed by atoms with Gasteiger partial charge in [-0.15, -0.1) is 11.8 Å². The molecular weight excluding hydrogens is 270 g/mol. The van der Waals surface area contributed by atoms with Crippen LogP contribution in [0.25, 0.3) is 0 Å². The van der Waals surface area contributed by atoms with Gasteiger partial charge < -0.3 is 10.4 Å². The number of nitrogens with one attached hydrogen (secondary N) is 1. The second-order valence-electron chi connectivity index (χ2n) is 5.43. The summed E-state index contributed by atoms with van der Waals surface area (Å²) in [5, 5.41) is 12.8. The lowest BCUT2D eigenvalue weighted by atomic mass is 10.0. The van der Waals surface area contributed by atoms with Crippen molar-refractivity contribution >= 4 is 23.4 Å². The zero-order valence-electron chi connectivity index (χ0n) is 12.8. The van der Waals surface area contributed by atoms with Crippen LogP contribution >= 0.6 is 11.8 Å². The highest BCUT2D eigenvalue weighted by atomic mass is 32.2. The summed E-state index contributed by atoms with van der Waals surface area (Å²) in [6.07, 6.45) is 2.18. The average molecular weight is 295 g/mol. The lowest BCUT2D eigenvalue weighted by Gasteiger charge is -2.19. The molecule has 0 heterocycles. The summed E-state index contributed by atoms with van der Waals surface area (Å²) in [5.74, 6) is 0.674. The molecule has 0 aliphatic heterocycles. The summed E-state index contributed by atoms with van der Waals surface area (Å²) < 4.78 is 0. The van der Waals surface area contributed by atoms with E-state index in [1.165, 1.54) is 0 Å². The number of rotatable bonds is 8. The van der Waals surface area contributed by atoms with E-state index in [2.05, 4.69) is 26.1 Å². The van der Waals surface area contributed by atoms with Gasteiger partial charge >= 0.3 is 5.97 Å². The van der Waals surface area contributed by atoms with Crippen molar-refractivity contribution in [1.29, 1.82) is 0 Å². The number of anilines is 1. The minimum Gasteiger partial charge on any atom is -0.478 e. The van der Waals surface area contributed by atoms with E-state index in [1.807, 2.05) is 25.1 Å². The van der Waals surface area contributed by atoms with E-state index in [1.54, 1.807) is 11.8 Å². The third-order valence-electron chi connectivity index (χ3n) is 3.12. The fourth-order valence-electron chi connectivity index (χ4n) is 2.07. The Kier molecular flexibility index (Phi) is 6.93. The van der Waals surface area contributed by atoms with E-state index in [-0.39, 0.29) is 6.04 Å². The van der Waals surface area contributed by atoms with E-state index in [0.29, 0.717) is 11.5 Å². The molecule has 0 saturated heterocycles. The first-order valence-electron chi connectivity index (χ1n) is 7.21. The van der Waals surface area contributed by atoms with Gasteiger partial charge in [0, 0.05) is 10.9 Å². The molecule has 1 unspecified atom stereocenters. The topological polar surface area (TPSA) is 49.3 Å². The summed E-state index contributed by atoms with van der Waals surface area (Å²) in [6.45, 7) is 8.54. The van der Waals surface area contributed by atoms with Gasteiger partial charge in [-0.05, 0) is 43.6 Å². The number of thioether (sulfide) groups is 1. The van der Waals surface area contributed by atoms with E-state index < -0.39 is 5.97 Å². The lowest BCUT2D eigenvalue weighted by molar-refractivity contribution is 0.0694. The summed E-state index contributed by atoms with van der Waals surface area (Å²) in [4.78, 5) is 12.3. The Morgan fingerprint density at radius 2 is 2.00 bits per heavy atom. The van der Waals surface area contributed by atoms with Gasteiger partial charge in [-0.25, -0.2) is 4.79 Å². The molecule has 0 amide bonds. The third-order valence-corrected chi connectivity index (χ3v) is 4.06. The van der Waals surface area contributed by atoms with Gasteiger partial charge in [-0.3, -0.25) is 0 Å². The highest BCUT2D eigenvalue weighted by Crippen LogP contribution is 2.29. The molecule has 4 heteroatoms. The summed E-state index contributed by atoms with van der Waals surface area (Å²) in [7, 11) is 0. The van der Waals surface area contributed by atoms with Crippen molar-refractivity contribution in [3.63, 3.8) is 0 Å². The van der Waals surface area contributed by atoms with Gasteiger partial charge in [0.25, 0.3) is 0 Å². The Hall–Kier alpha value is -1.16. The first kappa shape index (κ1) is 16.9. The number of aromatic carboxylic acids is 1. The van der Waals surface area contributed by atoms with Crippen LogP contribution in [0.15, 0.2) is 23.1 Å². The molecule has 2 N–H and O–H groups in total. The van der Waals surface area contributed by atoms with E-state index in [0.717, 1.165) is 29.2 Å². The van der Waals surface area contributed by atoms with Crippen LogP contribution in [-0.4, -0.2) is 22.9 Å². The van der Waals surface area contributed by atoms with Gasteiger partial charge in [0.1, 0.15) is 0 Å². The zero-order chi connectivity index (χ0) is 15.1. The van der Waals surface area contributed by atoms with Gasteiger partial charge in [0.15, 0.2) is 0 Å². The van der Waals surface area contributed by atoms with Crippen molar-refractivity contribution in [3.8, 4) is 0 Å². The maximum Gasteiger partial charge on any atom is 0.338 e. The van der Waals surface area contributed by atoms with Gasteiger partial charge in [-0.2, -0.15) is 0 Å². The van der Waals surface area contributed by atoms with Gasteiger partial charge in [-0.1, -0.05) is 26.8 Å². The molecule has 0 aliphatic carbocycles. The van der Waals surface area contributed by atoms with Crippen LogP contribution < -0.4 is 5.32 Å². The van der Waals surface area contributed by atoms with Crippen molar-refractivity contribution in [2.45, 2.75) is 51.5 Å². The van der Waals surface area contributed by atoms with Crippen LogP contribution in [-0.2, 0) is 0 Å². The molecule has 112 valence electrons. The molecule has 0 radical (unpaired) electrons. The third kappa shape index (κ3) is 5.08. The average Bonchev–Trinajstić information content (AvgIpc) is 2.36. The van der Waals surface area contributed by atoms with E-state index in [4.69, 9.17) is 0 Å². The molecule has 1 atom stereocenters. The molecule has 1 aromatic rings. The van der Waals surface area contributed by atoms with Crippen molar-refractivity contribution in [2.24, 2.45) is 5.92 Å². The zero-order valence-corrected chi connectivity index (χ0v) is 13.6. The number of carboxylic acid groups (broad SMARTS) is 1. The molecule has 20 heavy (non-hydrogen) atoms. The summed E-state index contributed by atoms with van der Waals surface area (Å²) in [6, 6.07) is 5.93. The fraction of sp³-hybridized carbons (Fsp3) is 0.562. The Morgan fingerprint density at radius 3 is 2.55 bits per heavy atom. The van der Waals surface area contributed by atoms with Crippen molar-refractivity contribution in [3.05, 3.63) is 23.8 Å². The van der Waals surface area contributed by atoms with Crippen LogP contribution in [0.3, 0.4) is 0 Å². The smallest absolute Gasteiger partial charge is 0.338 e. The molecule has 0 bridgehead atoms. The minimum atomic E-state index is -0.861. The maximum atomic E-state index is 11.5. The largest absolute Gasteiger partial charge is 0.478 e. The Bertz CT molecular complexity index is 446. The predicted molar refractivity (Wildman–Crippen MR) is 87.0 cm³/mol. The van der Waals surface area contributed by atoms with Crippen LogP contribution in [0.2, 0.25) is 0 Å². The molecule has 3 nitrogen and oxygen atoms in total. The van der Waals surface area contributed by atoms with E-state index >= 15 is 0 Å². The van der Waals surface area contributed by atoms with E-state index in [9.17, 15) is 9.90 Å². The number of hydrogen-bond donors (Lipinski definition) is 2. The Morgan fingerprint density at radius 1 is 1.30 bits per heavy atom. The first-order chi connectivity index (χ1) is 9.45. The summed E-state index contributed by atoms with van der Waals surface area (Å²) >= 11 is 1.57. The molecule has 1 rings (SSSR count). The molecule has 0 fully saturated rings. The van der Waals surface area contributed by atoms with Crippen molar-refractivity contribution in [1.82, 2.24) is 0 Å². The Balaban J connectivity index is 2.88. The summed E-state index contributed by atoms with van der Waals surface area (Å²) in [5.41, 5.74) is 1.13. The first-order valence-corrected chi connectivity index (χ1v) is 8.19. The van der Waals surface area contributed by atoms with Gasteiger partial charge in [0.2, 0.25) is 0 Å².